The molecule has 1 heterocycles. The Morgan fingerprint density at radius 1 is 1.47 bits per heavy atom. The van der Waals surface area contributed by atoms with Crippen molar-refractivity contribution in [1.82, 2.24) is 5.32 Å². The van der Waals surface area contributed by atoms with Gasteiger partial charge >= 0.3 is 0 Å². The molecule has 0 spiro atoms. The van der Waals surface area contributed by atoms with Crippen LogP contribution in [0.15, 0.2) is 12.1 Å². The molecule has 17 heavy (non-hydrogen) atoms. The number of thiophene rings is 1. The number of aryl methyl sites for hydroxylation is 1. The molecule has 1 atom stereocenters. The van der Waals surface area contributed by atoms with Gasteiger partial charge in [0.15, 0.2) is 0 Å². The Kier molecular flexibility index (Phi) is 6.00. The number of halogens is 1. The highest BCUT2D eigenvalue weighted by Gasteiger charge is 2.15. The second-order valence-electron chi connectivity index (χ2n) is 4.57. The highest BCUT2D eigenvalue weighted by Crippen LogP contribution is 2.17. The second-order valence-corrected chi connectivity index (χ2v) is 6.05. The molecular weight excluding hydrogens is 254 g/mol. The van der Waals surface area contributed by atoms with E-state index in [2.05, 4.69) is 26.1 Å². The zero-order chi connectivity index (χ0) is 12.8. The van der Waals surface area contributed by atoms with Gasteiger partial charge in [-0.2, -0.15) is 0 Å². The first kappa shape index (κ1) is 14.5. The summed E-state index contributed by atoms with van der Waals surface area (Å²) in [6, 6.07) is 3.97. The van der Waals surface area contributed by atoms with Crippen molar-refractivity contribution in [3.63, 3.8) is 0 Å². The smallest absolute Gasteiger partial charge is 0.261 e. The maximum Gasteiger partial charge on any atom is 0.261 e. The fourth-order valence-corrected chi connectivity index (χ4v) is 2.73. The van der Waals surface area contributed by atoms with Gasteiger partial charge in [0.05, 0.1) is 4.88 Å². The Morgan fingerprint density at radius 3 is 2.65 bits per heavy atom. The fourth-order valence-electron chi connectivity index (χ4n) is 1.68. The summed E-state index contributed by atoms with van der Waals surface area (Å²) in [6.45, 7) is 6.35. The molecule has 2 nitrogen and oxygen atoms in total. The lowest BCUT2D eigenvalue weighted by Gasteiger charge is -2.17. The average molecular weight is 274 g/mol. The topological polar surface area (TPSA) is 29.1 Å². The largest absolute Gasteiger partial charge is 0.347 e. The minimum Gasteiger partial charge on any atom is -0.347 e. The molecule has 4 heteroatoms. The van der Waals surface area contributed by atoms with Crippen molar-refractivity contribution in [1.29, 1.82) is 0 Å². The Bertz CT molecular complexity index is 362. The molecule has 0 aromatic carbocycles. The SMILES string of the molecule is CCc1ccc(C(=O)NC(CCl)CC(C)C)s1. The van der Waals surface area contributed by atoms with Gasteiger partial charge in [-0.05, 0) is 30.9 Å². The van der Waals surface area contributed by atoms with Crippen molar-refractivity contribution in [2.75, 3.05) is 5.88 Å². The molecule has 0 aliphatic rings. The van der Waals surface area contributed by atoms with Crippen LogP contribution in [0.2, 0.25) is 0 Å². The van der Waals surface area contributed by atoms with Crippen LogP contribution in [-0.2, 0) is 6.42 Å². The van der Waals surface area contributed by atoms with Gasteiger partial charge in [0.25, 0.3) is 5.91 Å². The number of alkyl halides is 1. The van der Waals surface area contributed by atoms with Crippen LogP contribution in [0, 0.1) is 5.92 Å². The lowest BCUT2D eigenvalue weighted by molar-refractivity contribution is 0.0941. The van der Waals surface area contributed by atoms with Gasteiger partial charge in [-0.1, -0.05) is 20.8 Å². The molecule has 0 fully saturated rings. The van der Waals surface area contributed by atoms with E-state index in [-0.39, 0.29) is 11.9 Å². The first-order chi connectivity index (χ1) is 8.06. The summed E-state index contributed by atoms with van der Waals surface area (Å²) in [5, 5.41) is 2.99. The van der Waals surface area contributed by atoms with Gasteiger partial charge in [0, 0.05) is 16.8 Å². The van der Waals surface area contributed by atoms with E-state index in [0.29, 0.717) is 11.8 Å². The van der Waals surface area contributed by atoms with E-state index in [4.69, 9.17) is 11.6 Å². The normalized spacial score (nSPS) is 12.8. The van der Waals surface area contributed by atoms with Crippen LogP contribution in [-0.4, -0.2) is 17.8 Å². The monoisotopic (exact) mass is 273 g/mol. The van der Waals surface area contributed by atoms with E-state index >= 15 is 0 Å². The first-order valence-electron chi connectivity index (χ1n) is 6.02. The summed E-state index contributed by atoms with van der Waals surface area (Å²) < 4.78 is 0. The maximum absolute atomic E-state index is 12.0. The van der Waals surface area contributed by atoms with Crippen molar-refractivity contribution in [3.8, 4) is 0 Å². The summed E-state index contributed by atoms with van der Waals surface area (Å²) in [5.74, 6) is 1.00. The van der Waals surface area contributed by atoms with Gasteiger partial charge in [0.1, 0.15) is 0 Å². The van der Waals surface area contributed by atoms with Crippen LogP contribution < -0.4 is 5.32 Å². The van der Waals surface area contributed by atoms with E-state index in [1.165, 1.54) is 4.88 Å². The molecule has 1 aromatic heterocycles. The molecule has 1 amide bonds. The van der Waals surface area contributed by atoms with Crippen LogP contribution in [0.25, 0.3) is 0 Å². The summed E-state index contributed by atoms with van der Waals surface area (Å²) >= 11 is 7.42. The highest BCUT2D eigenvalue weighted by molar-refractivity contribution is 7.14. The Hall–Kier alpha value is -0.540. The van der Waals surface area contributed by atoms with Gasteiger partial charge in [-0.3, -0.25) is 4.79 Å². The molecular formula is C13H20ClNOS. The summed E-state index contributed by atoms with van der Waals surface area (Å²) in [6.07, 6.45) is 1.89. The van der Waals surface area contributed by atoms with Crippen molar-refractivity contribution in [2.45, 2.75) is 39.7 Å². The minimum absolute atomic E-state index is 0.000926. The van der Waals surface area contributed by atoms with Gasteiger partial charge in [-0.15, -0.1) is 22.9 Å². The molecule has 1 unspecified atom stereocenters. The van der Waals surface area contributed by atoms with E-state index in [0.717, 1.165) is 17.7 Å². The second kappa shape index (κ2) is 7.02. The minimum atomic E-state index is 0.000926. The molecule has 1 N–H and O–H groups in total. The number of nitrogens with one attached hydrogen (secondary N) is 1. The quantitative estimate of drug-likeness (QED) is 0.787. The fraction of sp³-hybridized carbons (Fsp3) is 0.615. The third-order valence-corrected chi connectivity index (χ3v) is 4.11. The van der Waals surface area contributed by atoms with Crippen molar-refractivity contribution < 1.29 is 4.79 Å². The molecule has 1 rings (SSSR count). The number of hydrogen-bond acceptors (Lipinski definition) is 2. The summed E-state index contributed by atoms with van der Waals surface area (Å²) in [4.78, 5) is 14.0. The van der Waals surface area contributed by atoms with Crippen LogP contribution in [0.3, 0.4) is 0 Å². The zero-order valence-electron chi connectivity index (χ0n) is 10.6. The van der Waals surface area contributed by atoms with E-state index in [9.17, 15) is 4.79 Å². The predicted octanol–water partition coefficient (Wildman–Crippen LogP) is 3.69. The van der Waals surface area contributed by atoms with Crippen molar-refractivity contribution in [3.05, 3.63) is 21.9 Å². The zero-order valence-corrected chi connectivity index (χ0v) is 12.2. The number of carbonyl (C=O) groups excluding carboxylic acids is 1. The Morgan fingerprint density at radius 2 is 2.18 bits per heavy atom. The Labute approximate surface area is 112 Å². The third kappa shape index (κ3) is 4.68. The molecule has 0 bridgehead atoms. The van der Waals surface area contributed by atoms with Crippen LogP contribution >= 0.6 is 22.9 Å². The maximum atomic E-state index is 12.0. The van der Waals surface area contributed by atoms with Gasteiger partial charge in [-0.25, -0.2) is 0 Å². The molecule has 0 saturated carbocycles. The predicted molar refractivity (Wildman–Crippen MR) is 75.1 cm³/mol. The number of carbonyl (C=O) groups is 1. The van der Waals surface area contributed by atoms with E-state index in [1.54, 1.807) is 11.3 Å². The third-order valence-electron chi connectivity index (χ3n) is 2.51. The highest BCUT2D eigenvalue weighted by atomic mass is 35.5. The first-order valence-corrected chi connectivity index (χ1v) is 7.37. The van der Waals surface area contributed by atoms with Crippen molar-refractivity contribution in [2.24, 2.45) is 5.92 Å². The van der Waals surface area contributed by atoms with E-state index in [1.807, 2.05) is 12.1 Å². The average Bonchev–Trinajstić information content (AvgIpc) is 2.75. The molecule has 0 radical (unpaired) electrons. The standard InChI is InChI=1S/C13H20ClNOS/c1-4-11-5-6-12(17-11)13(16)15-10(8-14)7-9(2)3/h5-6,9-10H,4,7-8H2,1-3H3,(H,15,16). The molecule has 0 aliphatic carbocycles. The van der Waals surface area contributed by atoms with E-state index < -0.39 is 0 Å². The number of hydrogen-bond donors (Lipinski definition) is 1. The number of rotatable bonds is 6. The van der Waals surface area contributed by atoms with Gasteiger partial charge in [0.2, 0.25) is 0 Å². The van der Waals surface area contributed by atoms with Crippen LogP contribution in [0.4, 0.5) is 0 Å². The lowest BCUT2D eigenvalue weighted by atomic mass is 10.1. The summed E-state index contributed by atoms with van der Waals surface area (Å²) in [7, 11) is 0. The lowest BCUT2D eigenvalue weighted by Crippen LogP contribution is -2.36. The Balaban J connectivity index is 2.57. The van der Waals surface area contributed by atoms with Gasteiger partial charge < -0.3 is 5.32 Å². The molecule has 0 aliphatic heterocycles. The molecule has 1 aromatic rings. The van der Waals surface area contributed by atoms with Crippen LogP contribution in [0.1, 0.15) is 41.7 Å². The molecule has 96 valence electrons. The number of amides is 1. The van der Waals surface area contributed by atoms with Crippen LogP contribution in [0.5, 0.6) is 0 Å². The molecule has 0 saturated heterocycles. The summed E-state index contributed by atoms with van der Waals surface area (Å²) in [5.41, 5.74) is 0. The van der Waals surface area contributed by atoms with Crippen molar-refractivity contribution >= 4 is 28.8 Å².